The number of esters is 1. The Balaban J connectivity index is 1.22. The fourth-order valence-electron chi connectivity index (χ4n) is 4.28. The first-order chi connectivity index (χ1) is 16.1. The van der Waals surface area contributed by atoms with Crippen LogP contribution in [0, 0.1) is 5.92 Å². The predicted octanol–water partition coefficient (Wildman–Crippen LogP) is 4.03. The minimum Gasteiger partial charge on any atom is -0.493 e. The van der Waals surface area contributed by atoms with E-state index in [1.54, 1.807) is 30.3 Å². The molecular formula is C25H24O8. The van der Waals surface area contributed by atoms with E-state index in [4.69, 9.17) is 28.4 Å². The number of carbonyl (C=O) groups excluding carboxylic acids is 2. The van der Waals surface area contributed by atoms with Gasteiger partial charge in [0.25, 0.3) is 0 Å². The van der Waals surface area contributed by atoms with Crippen LogP contribution in [0.25, 0.3) is 0 Å². The molecule has 0 aromatic heterocycles. The highest BCUT2D eigenvalue weighted by molar-refractivity contribution is 5.96. The summed E-state index contributed by atoms with van der Waals surface area (Å²) < 4.78 is 33.5. The van der Waals surface area contributed by atoms with Gasteiger partial charge in [0.2, 0.25) is 18.3 Å². The van der Waals surface area contributed by atoms with Crippen molar-refractivity contribution in [2.75, 3.05) is 13.4 Å². The highest BCUT2D eigenvalue weighted by atomic mass is 16.7. The van der Waals surface area contributed by atoms with Crippen LogP contribution in [0.15, 0.2) is 54.5 Å². The van der Waals surface area contributed by atoms with Gasteiger partial charge in [0.15, 0.2) is 23.0 Å². The van der Waals surface area contributed by atoms with E-state index in [1.165, 1.54) is 6.26 Å². The molecule has 5 rings (SSSR count). The first kappa shape index (κ1) is 21.2. The third kappa shape index (κ3) is 4.33. The van der Waals surface area contributed by atoms with Gasteiger partial charge in [-0.1, -0.05) is 12.1 Å². The smallest absolute Gasteiger partial charge is 0.338 e. The Hall–Kier alpha value is -3.68. The highest BCUT2D eigenvalue weighted by Gasteiger charge is 2.42. The molecule has 2 heterocycles. The summed E-state index contributed by atoms with van der Waals surface area (Å²) in [4.78, 5) is 25.7. The summed E-state index contributed by atoms with van der Waals surface area (Å²) in [6.07, 6.45) is 2.19. The van der Waals surface area contributed by atoms with Gasteiger partial charge in [-0.3, -0.25) is 4.79 Å². The zero-order valence-electron chi connectivity index (χ0n) is 18.2. The maximum atomic E-state index is 13.0. The van der Waals surface area contributed by atoms with Crippen LogP contribution >= 0.6 is 0 Å². The number of hydrogen-bond acceptors (Lipinski definition) is 8. The Labute approximate surface area is 191 Å². The molecule has 1 fully saturated rings. The van der Waals surface area contributed by atoms with Crippen LogP contribution in [0.5, 0.6) is 23.0 Å². The van der Waals surface area contributed by atoms with E-state index < -0.39 is 5.97 Å². The van der Waals surface area contributed by atoms with Crippen molar-refractivity contribution in [3.8, 4) is 23.0 Å². The first-order valence-corrected chi connectivity index (χ1v) is 11.0. The van der Waals surface area contributed by atoms with Gasteiger partial charge in [-0.25, -0.2) is 4.79 Å². The molecule has 2 aromatic carbocycles. The van der Waals surface area contributed by atoms with Crippen molar-refractivity contribution in [3.05, 3.63) is 60.0 Å². The number of rotatable bonds is 6. The highest BCUT2D eigenvalue weighted by Crippen LogP contribution is 2.37. The molecule has 1 aliphatic carbocycles. The van der Waals surface area contributed by atoms with Crippen LogP contribution in [0.1, 0.15) is 36.5 Å². The van der Waals surface area contributed by atoms with Crippen molar-refractivity contribution in [1.82, 2.24) is 0 Å². The molecule has 0 N–H and O–H groups in total. The van der Waals surface area contributed by atoms with Crippen molar-refractivity contribution in [3.63, 3.8) is 0 Å². The van der Waals surface area contributed by atoms with E-state index in [2.05, 4.69) is 0 Å². The van der Waals surface area contributed by atoms with Crippen LogP contribution in [-0.4, -0.2) is 37.4 Å². The summed E-state index contributed by atoms with van der Waals surface area (Å²) in [7, 11) is 0. The maximum Gasteiger partial charge on any atom is 0.338 e. The van der Waals surface area contributed by atoms with Gasteiger partial charge in [-0.2, -0.15) is 0 Å². The van der Waals surface area contributed by atoms with Crippen LogP contribution < -0.4 is 18.9 Å². The number of hydrogen-bond donors (Lipinski definition) is 0. The van der Waals surface area contributed by atoms with E-state index >= 15 is 0 Å². The minimum absolute atomic E-state index is 0.113. The lowest BCUT2D eigenvalue weighted by atomic mass is 9.80. The second-order valence-electron chi connectivity index (χ2n) is 8.02. The third-order valence-electron chi connectivity index (χ3n) is 5.92. The van der Waals surface area contributed by atoms with Gasteiger partial charge in [-0.05, 0) is 50.1 Å². The van der Waals surface area contributed by atoms with Gasteiger partial charge in [0.1, 0.15) is 18.5 Å². The summed E-state index contributed by atoms with van der Waals surface area (Å²) in [6.45, 7) is 2.51. The molecule has 33 heavy (non-hydrogen) atoms. The average Bonchev–Trinajstić information content (AvgIpc) is 3.30. The van der Waals surface area contributed by atoms with Crippen molar-refractivity contribution >= 4 is 11.8 Å². The molecule has 0 saturated heterocycles. The van der Waals surface area contributed by atoms with Gasteiger partial charge < -0.3 is 28.4 Å². The second-order valence-corrected chi connectivity index (χ2v) is 8.02. The Morgan fingerprint density at radius 1 is 1.06 bits per heavy atom. The molecule has 0 radical (unpaired) electrons. The molecule has 0 amide bonds. The number of ether oxygens (including phenoxy) is 6. The molecule has 0 bridgehead atoms. The number of ketones is 1. The van der Waals surface area contributed by atoms with E-state index in [-0.39, 0.29) is 36.5 Å². The zero-order valence-corrected chi connectivity index (χ0v) is 18.2. The number of para-hydroxylation sites is 2. The fourth-order valence-corrected chi connectivity index (χ4v) is 4.28. The van der Waals surface area contributed by atoms with E-state index in [0.29, 0.717) is 54.4 Å². The lowest BCUT2D eigenvalue weighted by Crippen LogP contribution is -2.43. The largest absolute Gasteiger partial charge is 0.493 e. The fraction of sp³-hybridized carbons (Fsp3) is 0.360. The Morgan fingerprint density at radius 3 is 2.73 bits per heavy atom. The SMILES string of the molecule is CCOc1ccccc1OC1=COC2CC(OC(=O)c3ccc4c(c3)OCO4)CCC2C1=O. The van der Waals surface area contributed by atoms with E-state index in [0.717, 1.165) is 0 Å². The summed E-state index contributed by atoms with van der Waals surface area (Å²) in [5.74, 6) is 1.42. The van der Waals surface area contributed by atoms with E-state index in [9.17, 15) is 9.59 Å². The van der Waals surface area contributed by atoms with Crippen LogP contribution in [-0.2, 0) is 14.3 Å². The number of benzene rings is 2. The van der Waals surface area contributed by atoms with Crippen molar-refractivity contribution < 1.29 is 38.0 Å². The molecule has 3 atom stereocenters. The minimum atomic E-state index is -0.439. The Bertz CT molecular complexity index is 1090. The first-order valence-electron chi connectivity index (χ1n) is 11.0. The van der Waals surface area contributed by atoms with Crippen molar-refractivity contribution in [1.29, 1.82) is 0 Å². The molecule has 3 unspecified atom stereocenters. The number of Topliss-reactive ketones (excluding diaryl/α,β-unsaturated/α-hetero) is 1. The Morgan fingerprint density at radius 2 is 1.88 bits per heavy atom. The number of allylic oxidation sites excluding steroid dienone is 1. The summed E-state index contributed by atoms with van der Waals surface area (Å²) in [5.41, 5.74) is 0.394. The third-order valence-corrected chi connectivity index (χ3v) is 5.92. The molecule has 8 nitrogen and oxygen atoms in total. The van der Waals surface area contributed by atoms with E-state index in [1.807, 2.05) is 19.1 Å². The molecule has 172 valence electrons. The summed E-state index contributed by atoms with van der Waals surface area (Å²) in [6, 6.07) is 12.1. The Kier molecular flexibility index (Phi) is 5.81. The molecule has 3 aliphatic rings. The molecule has 1 saturated carbocycles. The molecule has 8 heteroatoms. The second kappa shape index (κ2) is 9.05. The quantitative estimate of drug-likeness (QED) is 0.607. The number of carbonyl (C=O) groups is 2. The normalized spacial score (nSPS) is 23.1. The number of fused-ring (bicyclic) bond motifs is 2. The van der Waals surface area contributed by atoms with Crippen molar-refractivity contribution in [2.45, 2.75) is 38.4 Å². The standard InChI is InChI=1S/C25H24O8/c1-2-28-18-5-3-4-6-20(18)33-23-13-29-21-12-16(8-9-17(21)24(23)26)32-25(27)15-7-10-19-22(11-15)31-14-30-19/h3-7,10-11,13,16-17,21H,2,8-9,12,14H2,1H3. The lowest BCUT2D eigenvalue weighted by molar-refractivity contribution is -0.132. The average molecular weight is 452 g/mol. The van der Waals surface area contributed by atoms with Gasteiger partial charge >= 0.3 is 5.97 Å². The molecule has 2 aliphatic heterocycles. The lowest BCUT2D eigenvalue weighted by Gasteiger charge is -2.36. The monoisotopic (exact) mass is 452 g/mol. The molecular weight excluding hydrogens is 428 g/mol. The van der Waals surface area contributed by atoms with Gasteiger partial charge in [0, 0.05) is 6.42 Å². The van der Waals surface area contributed by atoms with Crippen molar-refractivity contribution in [2.24, 2.45) is 5.92 Å². The maximum absolute atomic E-state index is 13.0. The summed E-state index contributed by atoms with van der Waals surface area (Å²) >= 11 is 0. The van der Waals surface area contributed by atoms with Crippen LogP contribution in [0.4, 0.5) is 0 Å². The van der Waals surface area contributed by atoms with Crippen LogP contribution in [0.2, 0.25) is 0 Å². The molecule has 2 aromatic rings. The molecule has 0 spiro atoms. The van der Waals surface area contributed by atoms with Gasteiger partial charge in [-0.15, -0.1) is 0 Å². The summed E-state index contributed by atoms with van der Waals surface area (Å²) in [5, 5.41) is 0. The zero-order chi connectivity index (χ0) is 22.8. The van der Waals surface area contributed by atoms with Gasteiger partial charge in [0.05, 0.1) is 18.1 Å². The topological polar surface area (TPSA) is 89.5 Å². The van der Waals surface area contributed by atoms with Crippen LogP contribution in [0.3, 0.4) is 0 Å². The predicted molar refractivity (Wildman–Crippen MR) is 115 cm³/mol.